The second-order valence-corrected chi connectivity index (χ2v) is 2.94. The van der Waals surface area contributed by atoms with Crippen molar-refractivity contribution in [2.24, 2.45) is 0 Å². The third-order valence-corrected chi connectivity index (χ3v) is 2.14. The van der Waals surface area contributed by atoms with Crippen molar-refractivity contribution >= 4 is 5.78 Å². The van der Waals surface area contributed by atoms with E-state index in [0.29, 0.717) is 5.56 Å². The molecule has 0 atom stereocenters. The predicted octanol–water partition coefficient (Wildman–Crippen LogP) is 3.01. The monoisotopic (exact) mass is 192 g/mol. The lowest BCUT2D eigenvalue weighted by molar-refractivity contribution is 0.101. The summed E-state index contributed by atoms with van der Waals surface area (Å²) >= 11 is 0. The van der Waals surface area contributed by atoms with Gasteiger partial charge >= 0.3 is 0 Å². The molecule has 1 aromatic carbocycles. The summed E-state index contributed by atoms with van der Waals surface area (Å²) in [7, 11) is 0. The van der Waals surface area contributed by atoms with Gasteiger partial charge in [0.1, 0.15) is 5.75 Å². The van der Waals surface area contributed by atoms with Crippen LogP contribution in [0.25, 0.3) is 0 Å². The SMILES string of the molecule is C=C.CC(=O)c1ccc(O)c(C)c1C. The van der Waals surface area contributed by atoms with Gasteiger partial charge in [0.05, 0.1) is 0 Å². The van der Waals surface area contributed by atoms with E-state index in [2.05, 4.69) is 13.2 Å². The summed E-state index contributed by atoms with van der Waals surface area (Å²) in [6.07, 6.45) is 0. The van der Waals surface area contributed by atoms with Crippen LogP contribution >= 0.6 is 0 Å². The molecule has 0 unspecified atom stereocenters. The molecule has 1 N–H and O–H groups in total. The van der Waals surface area contributed by atoms with Crippen LogP contribution in [0.15, 0.2) is 25.3 Å². The Labute approximate surface area is 84.9 Å². The van der Waals surface area contributed by atoms with Crippen molar-refractivity contribution in [1.82, 2.24) is 0 Å². The summed E-state index contributed by atoms with van der Waals surface area (Å²) in [4.78, 5) is 11.0. The molecule has 2 nitrogen and oxygen atoms in total. The van der Waals surface area contributed by atoms with Crippen LogP contribution in [-0.4, -0.2) is 10.9 Å². The van der Waals surface area contributed by atoms with Crippen molar-refractivity contribution in [3.63, 3.8) is 0 Å². The van der Waals surface area contributed by atoms with Gasteiger partial charge < -0.3 is 5.11 Å². The Kier molecular flexibility index (Phi) is 4.64. The molecule has 0 aromatic heterocycles. The number of ketones is 1. The maximum Gasteiger partial charge on any atom is 0.160 e. The lowest BCUT2D eigenvalue weighted by Gasteiger charge is -2.06. The number of Topliss-reactive ketones (excluding diaryl/α,β-unsaturated/α-hetero) is 1. The van der Waals surface area contributed by atoms with Crippen LogP contribution in [0.3, 0.4) is 0 Å². The van der Waals surface area contributed by atoms with Gasteiger partial charge in [0.15, 0.2) is 5.78 Å². The van der Waals surface area contributed by atoms with Crippen molar-refractivity contribution in [1.29, 1.82) is 0 Å². The molecule has 1 aromatic rings. The van der Waals surface area contributed by atoms with E-state index in [9.17, 15) is 9.90 Å². The number of aromatic hydroxyl groups is 1. The maximum atomic E-state index is 11.0. The molecule has 0 radical (unpaired) electrons. The number of phenols is 1. The molecule has 0 fully saturated rings. The van der Waals surface area contributed by atoms with Crippen molar-refractivity contribution < 1.29 is 9.90 Å². The zero-order valence-corrected chi connectivity index (χ0v) is 8.92. The Bertz CT molecular complexity index is 340. The van der Waals surface area contributed by atoms with Gasteiger partial charge in [-0.15, -0.1) is 13.2 Å². The van der Waals surface area contributed by atoms with Gasteiger partial charge in [-0.3, -0.25) is 4.79 Å². The smallest absolute Gasteiger partial charge is 0.160 e. The number of carbonyl (C=O) groups is 1. The summed E-state index contributed by atoms with van der Waals surface area (Å²) in [5.74, 6) is 0.285. The number of hydrogen-bond acceptors (Lipinski definition) is 2. The Hall–Kier alpha value is -1.57. The Morgan fingerprint density at radius 2 is 1.71 bits per heavy atom. The quantitative estimate of drug-likeness (QED) is 0.548. The van der Waals surface area contributed by atoms with Gasteiger partial charge in [-0.05, 0) is 44.0 Å². The molecule has 0 aliphatic carbocycles. The molecular formula is C12H16O2. The molecule has 14 heavy (non-hydrogen) atoms. The van der Waals surface area contributed by atoms with Gasteiger partial charge in [0.2, 0.25) is 0 Å². The highest BCUT2D eigenvalue weighted by molar-refractivity contribution is 5.96. The fourth-order valence-electron chi connectivity index (χ4n) is 1.19. The van der Waals surface area contributed by atoms with Crippen LogP contribution < -0.4 is 0 Å². The number of carbonyl (C=O) groups excluding carboxylic acids is 1. The fraction of sp³-hybridized carbons (Fsp3) is 0.250. The van der Waals surface area contributed by atoms with Gasteiger partial charge in [-0.2, -0.15) is 0 Å². The highest BCUT2D eigenvalue weighted by Crippen LogP contribution is 2.22. The van der Waals surface area contributed by atoms with Crippen molar-refractivity contribution in [3.05, 3.63) is 42.0 Å². The second kappa shape index (κ2) is 5.22. The standard InChI is InChI=1S/C10H12O2.C2H4/c1-6-7(2)10(12)5-4-9(6)8(3)11;1-2/h4-5,12H,1-3H3;1-2H2. The molecule has 0 heterocycles. The van der Waals surface area contributed by atoms with E-state index in [1.54, 1.807) is 19.1 Å². The van der Waals surface area contributed by atoms with Gasteiger partial charge in [-0.25, -0.2) is 0 Å². The van der Waals surface area contributed by atoms with E-state index in [4.69, 9.17) is 0 Å². The van der Waals surface area contributed by atoms with E-state index in [0.717, 1.165) is 11.1 Å². The third kappa shape index (κ3) is 2.46. The van der Waals surface area contributed by atoms with Gasteiger partial charge in [0.25, 0.3) is 0 Å². The first-order valence-corrected chi connectivity index (χ1v) is 4.34. The first kappa shape index (κ1) is 12.4. The number of benzene rings is 1. The fourth-order valence-corrected chi connectivity index (χ4v) is 1.19. The molecule has 1 rings (SSSR count). The van der Waals surface area contributed by atoms with Crippen LogP contribution in [0.4, 0.5) is 0 Å². The first-order valence-electron chi connectivity index (χ1n) is 4.34. The Morgan fingerprint density at radius 3 is 2.14 bits per heavy atom. The molecule has 0 amide bonds. The van der Waals surface area contributed by atoms with E-state index < -0.39 is 0 Å². The Morgan fingerprint density at radius 1 is 1.21 bits per heavy atom. The molecule has 0 bridgehead atoms. The second-order valence-electron chi connectivity index (χ2n) is 2.94. The maximum absolute atomic E-state index is 11.0. The van der Waals surface area contributed by atoms with Gasteiger partial charge in [0, 0.05) is 5.56 Å². The summed E-state index contributed by atoms with van der Waals surface area (Å²) in [6.45, 7) is 11.2. The highest BCUT2D eigenvalue weighted by atomic mass is 16.3. The number of hydrogen-bond donors (Lipinski definition) is 1. The average molecular weight is 192 g/mol. The first-order chi connectivity index (χ1) is 6.54. The van der Waals surface area contributed by atoms with E-state index in [1.807, 2.05) is 6.92 Å². The normalized spacial score (nSPS) is 8.79. The van der Waals surface area contributed by atoms with Crippen molar-refractivity contribution in [2.45, 2.75) is 20.8 Å². The number of phenolic OH excluding ortho intramolecular Hbond substituents is 1. The van der Waals surface area contributed by atoms with Gasteiger partial charge in [-0.1, -0.05) is 0 Å². The highest BCUT2D eigenvalue weighted by Gasteiger charge is 2.07. The summed E-state index contributed by atoms with van der Waals surface area (Å²) in [6, 6.07) is 3.21. The van der Waals surface area contributed by atoms with Crippen LogP contribution in [-0.2, 0) is 0 Å². The summed E-state index contributed by atoms with van der Waals surface area (Å²) in [5.41, 5.74) is 2.33. The zero-order chi connectivity index (χ0) is 11.3. The largest absolute Gasteiger partial charge is 0.508 e. The zero-order valence-electron chi connectivity index (χ0n) is 8.92. The molecule has 0 aliphatic rings. The van der Waals surface area contributed by atoms with Crippen molar-refractivity contribution in [2.75, 3.05) is 0 Å². The summed E-state index contributed by atoms with van der Waals surface area (Å²) in [5, 5.41) is 9.30. The average Bonchev–Trinajstić information content (AvgIpc) is 2.17. The van der Waals surface area contributed by atoms with Crippen LogP contribution in [0, 0.1) is 13.8 Å². The molecule has 76 valence electrons. The minimum Gasteiger partial charge on any atom is -0.508 e. The topological polar surface area (TPSA) is 37.3 Å². The van der Waals surface area contributed by atoms with E-state index in [1.165, 1.54) is 6.92 Å². The van der Waals surface area contributed by atoms with E-state index in [-0.39, 0.29) is 11.5 Å². The lowest BCUT2D eigenvalue weighted by Crippen LogP contribution is -1.97. The Balaban J connectivity index is 0.000000791. The minimum atomic E-state index is 0.0376. The molecule has 0 saturated heterocycles. The molecule has 0 saturated carbocycles. The number of rotatable bonds is 1. The molecule has 2 heteroatoms. The third-order valence-electron chi connectivity index (χ3n) is 2.14. The van der Waals surface area contributed by atoms with Crippen LogP contribution in [0.2, 0.25) is 0 Å². The molecular weight excluding hydrogens is 176 g/mol. The van der Waals surface area contributed by atoms with Crippen LogP contribution in [0.5, 0.6) is 5.75 Å². The van der Waals surface area contributed by atoms with Crippen LogP contribution in [0.1, 0.15) is 28.4 Å². The van der Waals surface area contributed by atoms with E-state index >= 15 is 0 Å². The molecule has 0 aliphatic heterocycles. The summed E-state index contributed by atoms with van der Waals surface area (Å²) < 4.78 is 0. The minimum absolute atomic E-state index is 0.0376. The predicted molar refractivity (Wildman–Crippen MR) is 58.8 cm³/mol. The van der Waals surface area contributed by atoms with Crippen molar-refractivity contribution in [3.8, 4) is 5.75 Å². The lowest BCUT2D eigenvalue weighted by atomic mass is 10.0. The molecule has 0 spiro atoms.